The molecule has 1 fully saturated rings. The van der Waals surface area contributed by atoms with Crippen LogP contribution in [0.3, 0.4) is 0 Å². The van der Waals surface area contributed by atoms with Crippen LogP contribution in [0.4, 0.5) is 10.5 Å². The first-order valence-electron chi connectivity index (χ1n) is 8.47. The lowest BCUT2D eigenvalue weighted by atomic mass is 9.86. The lowest BCUT2D eigenvalue weighted by molar-refractivity contribution is -0.142. The van der Waals surface area contributed by atoms with Gasteiger partial charge in [0, 0.05) is 28.8 Å². The molecule has 1 aromatic carbocycles. The molecule has 0 aliphatic heterocycles. The van der Waals surface area contributed by atoms with Gasteiger partial charge >= 0.3 is 18.0 Å². The highest BCUT2D eigenvalue weighted by molar-refractivity contribution is 6.06. The Labute approximate surface area is 149 Å². The zero-order chi connectivity index (χ0) is 18.7. The predicted octanol–water partition coefficient (Wildman–Crippen LogP) is 2.72. The lowest BCUT2D eigenvalue weighted by Gasteiger charge is -2.26. The topological polar surface area (TPSA) is 121 Å². The van der Waals surface area contributed by atoms with Crippen molar-refractivity contribution in [3.8, 4) is 0 Å². The van der Waals surface area contributed by atoms with E-state index in [1.165, 1.54) is 7.11 Å². The summed E-state index contributed by atoms with van der Waals surface area (Å²) in [5.74, 6) is -1.58. The number of carboxylic acid groups (broad SMARTS) is 1. The molecular weight excluding hydrogens is 338 g/mol. The number of aromatic nitrogens is 1. The van der Waals surface area contributed by atoms with E-state index in [9.17, 15) is 14.4 Å². The Kier molecular flexibility index (Phi) is 5.11. The van der Waals surface area contributed by atoms with Crippen LogP contribution in [-0.2, 0) is 9.53 Å². The standard InChI is InChI=1S/C18H21N3O5/c1-26-17(24)14-8-12(9-15-13(14)6-7-19-15)21-18(25)20-11-4-2-10(3-5-11)16(22)23/h6-11,19H,2-5H2,1H3,(H,22,23)(H2,20,21,25). The summed E-state index contributed by atoms with van der Waals surface area (Å²) < 4.78 is 4.80. The summed E-state index contributed by atoms with van der Waals surface area (Å²) in [4.78, 5) is 38.2. The first kappa shape index (κ1) is 17.8. The van der Waals surface area contributed by atoms with Crippen LogP contribution in [0.1, 0.15) is 36.0 Å². The Morgan fingerprint density at radius 1 is 1.19 bits per heavy atom. The van der Waals surface area contributed by atoms with Gasteiger partial charge in [0.15, 0.2) is 0 Å². The number of carboxylic acids is 1. The number of carbonyl (C=O) groups excluding carboxylic acids is 2. The van der Waals surface area contributed by atoms with Crippen molar-refractivity contribution in [3.05, 3.63) is 30.0 Å². The Hall–Kier alpha value is -3.03. The van der Waals surface area contributed by atoms with E-state index in [2.05, 4.69) is 15.6 Å². The number of anilines is 1. The molecule has 8 heteroatoms. The molecule has 2 amide bonds. The van der Waals surface area contributed by atoms with E-state index in [0.717, 1.165) is 5.39 Å². The highest BCUT2D eigenvalue weighted by Gasteiger charge is 2.26. The SMILES string of the molecule is COC(=O)c1cc(NC(=O)NC2CCC(C(=O)O)CC2)cc2[nH]ccc12. The average molecular weight is 359 g/mol. The molecule has 1 saturated carbocycles. The van der Waals surface area contributed by atoms with Gasteiger partial charge in [-0.25, -0.2) is 9.59 Å². The molecule has 1 aliphatic rings. The van der Waals surface area contributed by atoms with Crippen LogP contribution < -0.4 is 10.6 Å². The Balaban J connectivity index is 1.66. The van der Waals surface area contributed by atoms with E-state index < -0.39 is 11.9 Å². The summed E-state index contributed by atoms with van der Waals surface area (Å²) in [5.41, 5.74) is 1.55. The van der Waals surface area contributed by atoms with Crippen LogP contribution in [0.2, 0.25) is 0 Å². The Morgan fingerprint density at radius 3 is 2.58 bits per heavy atom. The number of hydrogen-bond acceptors (Lipinski definition) is 4. The molecule has 0 radical (unpaired) electrons. The quantitative estimate of drug-likeness (QED) is 0.626. The summed E-state index contributed by atoms with van der Waals surface area (Å²) in [5, 5.41) is 15.3. The van der Waals surface area contributed by atoms with E-state index >= 15 is 0 Å². The summed E-state index contributed by atoms with van der Waals surface area (Å²) in [6.07, 6.45) is 4.09. The molecule has 0 bridgehead atoms. The lowest BCUT2D eigenvalue weighted by Crippen LogP contribution is -2.41. The third-order valence-electron chi connectivity index (χ3n) is 4.74. The normalized spacial score (nSPS) is 19.7. The van der Waals surface area contributed by atoms with Gasteiger partial charge in [-0.05, 0) is 43.9 Å². The van der Waals surface area contributed by atoms with E-state index in [-0.39, 0.29) is 18.0 Å². The third-order valence-corrected chi connectivity index (χ3v) is 4.74. The van der Waals surface area contributed by atoms with Gasteiger partial charge < -0.3 is 25.5 Å². The number of aliphatic carboxylic acids is 1. The molecule has 1 heterocycles. The molecule has 1 aromatic heterocycles. The maximum atomic E-state index is 12.3. The van der Waals surface area contributed by atoms with E-state index in [4.69, 9.17) is 9.84 Å². The van der Waals surface area contributed by atoms with Crippen molar-refractivity contribution < 1.29 is 24.2 Å². The van der Waals surface area contributed by atoms with Crippen molar-refractivity contribution in [2.45, 2.75) is 31.7 Å². The number of carbonyl (C=O) groups is 3. The number of urea groups is 1. The van der Waals surface area contributed by atoms with Gasteiger partial charge in [0.05, 0.1) is 18.6 Å². The molecule has 0 unspecified atom stereocenters. The first-order valence-corrected chi connectivity index (χ1v) is 8.47. The molecule has 8 nitrogen and oxygen atoms in total. The number of amides is 2. The minimum atomic E-state index is -0.775. The molecule has 0 atom stereocenters. The van der Waals surface area contributed by atoms with Gasteiger partial charge in [-0.15, -0.1) is 0 Å². The number of hydrogen-bond donors (Lipinski definition) is 4. The van der Waals surface area contributed by atoms with Gasteiger partial charge in [-0.3, -0.25) is 4.79 Å². The first-order chi connectivity index (χ1) is 12.5. The number of nitrogens with one attached hydrogen (secondary N) is 3. The highest BCUT2D eigenvalue weighted by atomic mass is 16.5. The highest BCUT2D eigenvalue weighted by Crippen LogP contribution is 2.26. The number of H-pyrrole nitrogens is 1. The maximum Gasteiger partial charge on any atom is 0.338 e. The van der Waals surface area contributed by atoms with E-state index in [0.29, 0.717) is 42.5 Å². The number of fused-ring (bicyclic) bond motifs is 1. The van der Waals surface area contributed by atoms with Gasteiger partial charge in [0.1, 0.15) is 0 Å². The monoisotopic (exact) mass is 359 g/mol. The molecule has 0 saturated heterocycles. The van der Waals surface area contributed by atoms with Crippen molar-refractivity contribution in [2.75, 3.05) is 12.4 Å². The molecule has 3 rings (SSSR count). The average Bonchev–Trinajstić information content (AvgIpc) is 3.09. The summed E-state index contributed by atoms with van der Waals surface area (Å²) in [6, 6.07) is 4.64. The van der Waals surface area contributed by atoms with E-state index in [1.54, 1.807) is 24.4 Å². The molecule has 4 N–H and O–H groups in total. The molecular formula is C18H21N3O5. The second-order valence-corrected chi connectivity index (χ2v) is 6.44. The third kappa shape index (κ3) is 3.79. The Morgan fingerprint density at radius 2 is 1.92 bits per heavy atom. The molecule has 26 heavy (non-hydrogen) atoms. The summed E-state index contributed by atoms with van der Waals surface area (Å²) in [6.45, 7) is 0. The van der Waals surface area contributed by atoms with Crippen molar-refractivity contribution in [2.24, 2.45) is 5.92 Å². The number of esters is 1. The van der Waals surface area contributed by atoms with Crippen LogP contribution in [-0.4, -0.2) is 41.2 Å². The number of rotatable bonds is 4. The summed E-state index contributed by atoms with van der Waals surface area (Å²) >= 11 is 0. The van der Waals surface area contributed by atoms with Crippen molar-refractivity contribution >= 4 is 34.6 Å². The predicted molar refractivity (Wildman–Crippen MR) is 95.2 cm³/mol. The van der Waals surface area contributed by atoms with Gasteiger partial charge in [0.2, 0.25) is 0 Å². The Bertz CT molecular complexity index is 836. The fraction of sp³-hybridized carbons (Fsp3) is 0.389. The second kappa shape index (κ2) is 7.47. The van der Waals surface area contributed by atoms with Crippen molar-refractivity contribution in [3.63, 3.8) is 0 Å². The number of benzene rings is 1. The zero-order valence-electron chi connectivity index (χ0n) is 14.4. The van der Waals surface area contributed by atoms with Crippen LogP contribution >= 0.6 is 0 Å². The summed E-state index contributed by atoms with van der Waals surface area (Å²) in [7, 11) is 1.31. The number of aromatic amines is 1. The fourth-order valence-corrected chi connectivity index (χ4v) is 3.36. The van der Waals surface area contributed by atoms with Gasteiger partial charge in [-0.1, -0.05) is 0 Å². The van der Waals surface area contributed by atoms with Crippen LogP contribution in [0.15, 0.2) is 24.4 Å². The van der Waals surface area contributed by atoms with E-state index in [1.807, 2.05) is 0 Å². The smallest absolute Gasteiger partial charge is 0.338 e. The minimum absolute atomic E-state index is 0.0557. The molecule has 1 aliphatic carbocycles. The van der Waals surface area contributed by atoms with Crippen LogP contribution in [0, 0.1) is 5.92 Å². The van der Waals surface area contributed by atoms with Crippen LogP contribution in [0.25, 0.3) is 10.9 Å². The van der Waals surface area contributed by atoms with Gasteiger partial charge in [0.25, 0.3) is 0 Å². The second-order valence-electron chi connectivity index (χ2n) is 6.44. The fourth-order valence-electron chi connectivity index (χ4n) is 3.36. The van der Waals surface area contributed by atoms with Gasteiger partial charge in [-0.2, -0.15) is 0 Å². The largest absolute Gasteiger partial charge is 0.481 e. The van der Waals surface area contributed by atoms with Crippen molar-refractivity contribution in [1.82, 2.24) is 10.3 Å². The number of methoxy groups -OCH3 is 1. The van der Waals surface area contributed by atoms with Crippen molar-refractivity contribution in [1.29, 1.82) is 0 Å². The zero-order valence-corrected chi connectivity index (χ0v) is 14.4. The maximum absolute atomic E-state index is 12.3. The molecule has 2 aromatic rings. The minimum Gasteiger partial charge on any atom is -0.481 e. The van der Waals surface area contributed by atoms with Crippen LogP contribution in [0.5, 0.6) is 0 Å². The molecule has 0 spiro atoms. The molecule has 138 valence electrons. The number of ether oxygens (including phenoxy) is 1.